The van der Waals surface area contributed by atoms with Gasteiger partial charge in [0.25, 0.3) is 11.8 Å². The highest BCUT2D eigenvalue weighted by atomic mass is 16.5. The van der Waals surface area contributed by atoms with Gasteiger partial charge in [-0.3, -0.25) is 4.79 Å². The molecule has 0 atom stereocenters. The normalized spacial score (nSPS) is 10.6. The zero-order chi connectivity index (χ0) is 13.7. The Morgan fingerprint density at radius 2 is 2.16 bits per heavy atom. The van der Waals surface area contributed by atoms with Gasteiger partial charge in [0.15, 0.2) is 0 Å². The molecule has 0 unspecified atom stereocenters. The maximum absolute atomic E-state index is 11.5. The molecular weight excluding hydrogens is 246 g/mol. The monoisotopic (exact) mass is 259 g/mol. The molecule has 0 fully saturated rings. The lowest BCUT2D eigenvalue weighted by atomic mass is 10.2. The molecule has 0 radical (unpaired) electrons. The van der Waals surface area contributed by atoms with Crippen molar-refractivity contribution in [3.8, 4) is 5.88 Å². The van der Waals surface area contributed by atoms with Crippen molar-refractivity contribution >= 4 is 12.1 Å². The summed E-state index contributed by atoms with van der Waals surface area (Å²) in [5, 5.41) is 14.0. The van der Waals surface area contributed by atoms with E-state index < -0.39 is 0 Å². The number of carbonyl (C=O) groups is 1. The predicted octanol–water partition coefficient (Wildman–Crippen LogP) is 0.528. The third-order valence-electron chi connectivity index (χ3n) is 2.36. The van der Waals surface area contributed by atoms with Crippen molar-refractivity contribution in [3.63, 3.8) is 0 Å². The molecule has 0 aliphatic heterocycles. The highest BCUT2D eigenvalue weighted by Crippen LogP contribution is 2.14. The van der Waals surface area contributed by atoms with Gasteiger partial charge in [0, 0.05) is 7.05 Å². The molecule has 1 heterocycles. The summed E-state index contributed by atoms with van der Waals surface area (Å²) in [5.74, 6) is -0.190. The molecule has 0 saturated heterocycles. The fourth-order valence-corrected chi connectivity index (χ4v) is 1.44. The summed E-state index contributed by atoms with van der Waals surface area (Å²) in [5.41, 5.74) is 0.997. The standard InChI is InChI=1S/C12H13N5O2/c1-13-11(18)10-12(19-2)17(16-15-10)14-8-9-6-4-3-5-7-9/h3-8H,1-2H3,(H,13,18)/b14-8-. The van der Waals surface area contributed by atoms with Crippen molar-refractivity contribution in [1.29, 1.82) is 0 Å². The van der Waals surface area contributed by atoms with Gasteiger partial charge in [0.1, 0.15) is 0 Å². The SMILES string of the molecule is CNC(=O)c1nnn(/N=C\c2ccccc2)c1OC. The summed E-state index contributed by atoms with van der Waals surface area (Å²) < 4.78 is 5.09. The molecule has 1 N–H and O–H groups in total. The van der Waals surface area contributed by atoms with Crippen LogP contribution in [0.4, 0.5) is 0 Å². The number of benzene rings is 1. The van der Waals surface area contributed by atoms with Crippen LogP contribution in [0.1, 0.15) is 16.1 Å². The predicted molar refractivity (Wildman–Crippen MR) is 69.4 cm³/mol. The molecule has 2 rings (SSSR count). The van der Waals surface area contributed by atoms with Gasteiger partial charge in [0.2, 0.25) is 5.69 Å². The van der Waals surface area contributed by atoms with Crippen LogP contribution >= 0.6 is 0 Å². The van der Waals surface area contributed by atoms with Gasteiger partial charge in [-0.25, -0.2) is 0 Å². The number of nitrogens with one attached hydrogen (secondary N) is 1. The van der Waals surface area contributed by atoms with Crippen LogP contribution in [0, 0.1) is 0 Å². The summed E-state index contributed by atoms with van der Waals surface area (Å²) in [4.78, 5) is 12.7. The zero-order valence-corrected chi connectivity index (χ0v) is 10.6. The average Bonchev–Trinajstić information content (AvgIpc) is 2.88. The zero-order valence-electron chi connectivity index (χ0n) is 10.6. The first kappa shape index (κ1) is 12.7. The van der Waals surface area contributed by atoms with Crippen molar-refractivity contribution in [2.75, 3.05) is 14.2 Å². The number of nitrogens with zero attached hydrogens (tertiary/aromatic N) is 4. The molecule has 0 aliphatic carbocycles. The Morgan fingerprint density at radius 3 is 2.79 bits per heavy atom. The maximum Gasteiger partial charge on any atom is 0.277 e. The summed E-state index contributed by atoms with van der Waals surface area (Å²) in [7, 11) is 2.94. The molecule has 19 heavy (non-hydrogen) atoms. The van der Waals surface area contributed by atoms with Crippen LogP contribution < -0.4 is 10.1 Å². The van der Waals surface area contributed by atoms with Gasteiger partial charge in [0.05, 0.1) is 13.3 Å². The fourth-order valence-electron chi connectivity index (χ4n) is 1.44. The Hall–Kier alpha value is -2.70. The first-order valence-corrected chi connectivity index (χ1v) is 5.57. The van der Waals surface area contributed by atoms with Crippen LogP contribution in [0.15, 0.2) is 35.4 Å². The van der Waals surface area contributed by atoms with E-state index in [1.54, 1.807) is 6.21 Å². The van der Waals surface area contributed by atoms with Gasteiger partial charge >= 0.3 is 0 Å². The summed E-state index contributed by atoms with van der Waals surface area (Å²) in [6.07, 6.45) is 1.60. The van der Waals surface area contributed by atoms with Crippen molar-refractivity contribution < 1.29 is 9.53 Å². The highest BCUT2D eigenvalue weighted by Gasteiger charge is 2.19. The Morgan fingerprint density at radius 1 is 1.42 bits per heavy atom. The minimum absolute atomic E-state index is 0.0928. The number of carbonyl (C=O) groups excluding carboxylic acids is 1. The van der Waals surface area contributed by atoms with Crippen molar-refractivity contribution in [3.05, 3.63) is 41.6 Å². The summed E-state index contributed by atoms with van der Waals surface area (Å²) >= 11 is 0. The third-order valence-corrected chi connectivity index (χ3v) is 2.36. The second kappa shape index (κ2) is 5.76. The first-order valence-electron chi connectivity index (χ1n) is 5.57. The highest BCUT2D eigenvalue weighted by molar-refractivity contribution is 5.94. The molecular formula is C12H13N5O2. The van der Waals surface area contributed by atoms with E-state index >= 15 is 0 Å². The second-order valence-corrected chi connectivity index (χ2v) is 3.57. The molecule has 1 aromatic heterocycles. The van der Waals surface area contributed by atoms with Crippen LogP contribution in [0.2, 0.25) is 0 Å². The summed E-state index contributed by atoms with van der Waals surface area (Å²) in [6, 6.07) is 9.50. The minimum Gasteiger partial charge on any atom is -0.478 e. The van der Waals surface area contributed by atoms with Gasteiger partial charge in [-0.15, -0.1) is 5.10 Å². The molecule has 0 aliphatic rings. The van der Waals surface area contributed by atoms with Gasteiger partial charge < -0.3 is 10.1 Å². The number of aromatic nitrogens is 3. The average molecular weight is 259 g/mol. The van der Waals surface area contributed by atoms with Crippen molar-refractivity contribution in [2.24, 2.45) is 5.10 Å². The molecule has 1 aromatic carbocycles. The Bertz CT molecular complexity index is 591. The topological polar surface area (TPSA) is 81.4 Å². The maximum atomic E-state index is 11.5. The van der Waals surface area contributed by atoms with Crippen molar-refractivity contribution in [2.45, 2.75) is 0 Å². The Kier molecular flexibility index (Phi) is 3.87. The number of hydrogen-bond donors (Lipinski definition) is 1. The van der Waals surface area contributed by atoms with Crippen LogP contribution in [0.5, 0.6) is 5.88 Å². The number of methoxy groups -OCH3 is 1. The number of amides is 1. The van der Waals surface area contributed by atoms with Crippen LogP contribution in [0.3, 0.4) is 0 Å². The van der Waals surface area contributed by atoms with Crippen LogP contribution in [-0.4, -0.2) is 41.4 Å². The van der Waals surface area contributed by atoms with E-state index in [1.165, 1.54) is 14.2 Å². The van der Waals surface area contributed by atoms with E-state index in [1.807, 2.05) is 30.3 Å². The Balaban J connectivity index is 2.29. The first-order chi connectivity index (χ1) is 9.26. The van der Waals surface area contributed by atoms with E-state index in [2.05, 4.69) is 20.7 Å². The molecule has 0 bridgehead atoms. The largest absolute Gasteiger partial charge is 0.478 e. The van der Waals surface area contributed by atoms with E-state index in [0.29, 0.717) is 0 Å². The lowest BCUT2D eigenvalue weighted by Crippen LogP contribution is -2.19. The van der Waals surface area contributed by atoms with Gasteiger partial charge in [-0.05, 0) is 10.8 Å². The van der Waals surface area contributed by atoms with Crippen LogP contribution in [-0.2, 0) is 0 Å². The molecule has 2 aromatic rings. The molecule has 7 heteroatoms. The molecule has 7 nitrogen and oxygen atoms in total. The van der Waals surface area contributed by atoms with Crippen molar-refractivity contribution in [1.82, 2.24) is 20.4 Å². The second-order valence-electron chi connectivity index (χ2n) is 3.57. The third kappa shape index (κ3) is 2.76. The molecule has 0 spiro atoms. The van der Waals surface area contributed by atoms with Crippen LogP contribution in [0.25, 0.3) is 0 Å². The minimum atomic E-state index is -0.377. The van der Waals surface area contributed by atoms with Gasteiger partial charge in [-0.1, -0.05) is 35.1 Å². The van der Waals surface area contributed by atoms with Gasteiger partial charge in [-0.2, -0.15) is 5.10 Å². The lowest BCUT2D eigenvalue weighted by molar-refractivity contribution is 0.0954. The molecule has 98 valence electrons. The lowest BCUT2D eigenvalue weighted by Gasteiger charge is -2.00. The smallest absolute Gasteiger partial charge is 0.277 e. The number of rotatable bonds is 4. The molecule has 0 saturated carbocycles. The fraction of sp³-hybridized carbons (Fsp3) is 0.167. The van der Waals surface area contributed by atoms with E-state index in [4.69, 9.17) is 4.74 Å². The van der Waals surface area contributed by atoms with E-state index in [9.17, 15) is 4.79 Å². The summed E-state index contributed by atoms with van der Waals surface area (Å²) in [6.45, 7) is 0. The molecule has 1 amide bonds. The number of hydrogen-bond acceptors (Lipinski definition) is 5. The van der Waals surface area contributed by atoms with E-state index in [-0.39, 0.29) is 17.5 Å². The number of ether oxygens (including phenoxy) is 1. The quantitative estimate of drug-likeness (QED) is 0.812. The Labute approximate surface area is 109 Å². The van der Waals surface area contributed by atoms with E-state index in [0.717, 1.165) is 10.4 Å².